The van der Waals surface area contributed by atoms with E-state index >= 15 is 0 Å². The number of rotatable bonds is 54. The molecule has 3 aliphatic rings. The van der Waals surface area contributed by atoms with Crippen molar-refractivity contribution in [2.24, 2.45) is 0 Å². The molecule has 3 fully saturated rings. The van der Waals surface area contributed by atoms with Gasteiger partial charge in [-0.1, -0.05) is 232 Å². The van der Waals surface area contributed by atoms with Gasteiger partial charge in [0.2, 0.25) is 5.91 Å². The zero-order chi connectivity index (χ0) is 68.2. The first-order valence-electron chi connectivity index (χ1n) is 36.1. The molecule has 3 aliphatic heterocycles. The first-order valence-corrected chi connectivity index (χ1v) is 36.1. The lowest BCUT2D eigenvalue weighted by atomic mass is 9.96. The van der Waals surface area contributed by atoms with Gasteiger partial charge in [0.15, 0.2) is 18.9 Å². The number of nitrogens with one attached hydrogen (secondary N) is 1. The zero-order valence-electron chi connectivity index (χ0n) is 57.1. The van der Waals surface area contributed by atoms with Crippen LogP contribution in [0.1, 0.15) is 226 Å². The van der Waals surface area contributed by atoms with Crippen LogP contribution in [-0.2, 0) is 33.2 Å². The topological polar surface area (TPSA) is 307 Å². The fourth-order valence-electron chi connectivity index (χ4n) is 11.5. The standard InChI is InChI=1S/C75H127NO18/c1-3-5-7-9-11-13-15-17-19-21-23-25-27-29-31-33-35-37-39-41-43-45-47-49-51-53-63(81)76-58(59(80)52-50-48-46-44-42-40-38-36-34-32-30-28-26-24-22-20-18-16-14-12-10-8-6-4-2)57-89-73-69(87)66(84)71(61(55-78)91-73)94-75-70(88)67(85)72(62(56-79)92-75)93-74-68(86)65(83)64(82)60(54-77)90-74/h5,7,11,13,17,19,23,25,29,31,34-37,42,44,50,52,58-62,64-75,77-80,82-88H,3-4,6,8-10,12,14-16,18,20-22,24,26-28,30,32-33,38-41,43,45-49,51,53-57H2,1-2H3,(H,76,81)/b7-5-,13-11-,19-17-,25-23-,31-29-,36-34+,37-35-,44-42+,52-50+. The number of aliphatic hydroxyl groups excluding tert-OH is 11. The quantitative estimate of drug-likeness (QED) is 0.0199. The summed E-state index contributed by atoms with van der Waals surface area (Å²) >= 11 is 0. The van der Waals surface area contributed by atoms with Gasteiger partial charge in [0.1, 0.15) is 73.2 Å². The van der Waals surface area contributed by atoms with E-state index in [1.54, 1.807) is 6.08 Å². The Morgan fingerprint density at radius 3 is 1.19 bits per heavy atom. The van der Waals surface area contributed by atoms with Gasteiger partial charge in [0.25, 0.3) is 0 Å². The average molecular weight is 1330 g/mol. The molecule has 3 saturated heterocycles. The van der Waals surface area contributed by atoms with Crippen LogP contribution in [0.3, 0.4) is 0 Å². The predicted octanol–water partition coefficient (Wildman–Crippen LogP) is 10.2. The van der Waals surface area contributed by atoms with Crippen molar-refractivity contribution < 1.29 is 89.4 Å². The van der Waals surface area contributed by atoms with E-state index in [0.717, 1.165) is 103 Å². The Morgan fingerprint density at radius 2 is 0.745 bits per heavy atom. The third-order valence-corrected chi connectivity index (χ3v) is 17.3. The molecule has 0 saturated carbocycles. The van der Waals surface area contributed by atoms with E-state index in [4.69, 9.17) is 28.4 Å². The summed E-state index contributed by atoms with van der Waals surface area (Å²) < 4.78 is 34.3. The first-order chi connectivity index (χ1) is 45.8. The lowest BCUT2D eigenvalue weighted by molar-refractivity contribution is -0.379. The summed E-state index contributed by atoms with van der Waals surface area (Å²) in [5.41, 5.74) is 0. The van der Waals surface area contributed by atoms with Crippen molar-refractivity contribution in [3.8, 4) is 0 Å². The smallest absolute Gasteiger partial charge is 0.220 e. The molecule has 12 N–H and O–H groups in total. The molecule has 94 heavy (non-hydrogen) atoms. The van der Waals surface area contributed by atoms with E-state index < -0.39 is 124 Å². The number of hydrogen-bond donors (Lipinski definition) is 12. The maximum atomic E-state index is 13.4. The molecule has 17 atom stereocenters. The van der Waals surface area contributed by atoms with Crippen molar-refractivity contribution in [2.45, 2.75) is 330 Å². The number of allylic oxidation sites excluding steroid dienone is 17. The number of carbonyl (C=O) groups is 1. The molecule has 0 bridgehead atoms. The molecule has 1 amide bonds. The van der Waals surface area contributed by atoms with Crippen molar-refractivity contribution >= 4 is 5.91 Å². The average Bonchev–Trinajstić information content (AvgIpc) is 0.788. The van der Waals surface area contributed by atoms with E-state index in [2.05, 4.69) is 116 Å². The van der Waals surface area contributed by atoms with Crippen LogP contribution in [0.2, 0.25) is 0 Å². The highest BCUT2D eigenvalue weighted by atomic mass is 16.8. The fourth-order valence-corrected chi connectivity index (χ4v) is 11.5. The maximum absolute atomic E-state index is 13.4. The highest BCUT2D eigenvalue weighted by molar-refractivity contribution is 5.76. The molecule has 19 heteroatoms. The van der Waals surface area contributed by atoms with Gasteiger partial charge in [-0.3, -0.25) is 4.79 Å². The van der Waals surface area contributed by atoms with Crippen LogP contribution in [0.5, 0.6) is 0 Å². The largest absolute Gasteiger partial charge is 0.394 e. The van der Waals surface area contributed by atoms with Crippen molar-refractivity contribution in [1.82, 2.24) is 5.32 Å². The number of aliphatic hydroxyl groups is 11. The maximum Gasteiger partial charge on any atom is 0.220 e. The van der Waals surface area contributed by atoms with Gasteiger partial charge in [-0.05, 0) is 96.3 Å². The summed E-state index contributed by atoms with van der Waals surface area (Å²) in [6, 6.07) is -1.01. The predicted molar refractivity (Wildman–Crippen MR) is 369 cm³/mol. The van der Waals surface area contributed by atoms with Gasteiger partial charge in [0.05, 0.1) is 38.6 Å². The fraction of sp³-hybridized carbons (Fsp3) is 0.747. The highest BCUT2D eigenvalue weighted by Crippen LogP contribution is 2.33. The van der Waals surface area contributed by atoms with Crippen molar-refractivity contribution in [3.63, 3.8) is 0 Å². The highest BCUT2D eigenvalue weighted by Gasteiger charge is 2.53. The van der Waals surface area contributed by atoms with Gasteiger partial charge >= 0.3 is 0 Å². The molecule has 0 aromatic heterocycles. The Labute approximate surface area is 564 Å². The van der Waals surface area contributed by atoms with Gasteiger partial charge in [-0.2, -0.15) is 0 Å². The summed E-state index contributed by atoms with van der Waals surface area (Å²) in [5, 5.41) is 121. The third-order valence-electron chi connectivity index (χ3n) is 17.3. The van der Waals surface area contributed by atoms with Crippen LogP contribution < -0.4 is 5.32 Å². The summed E-state index contributed by atoms with van der Waals surface area (Å²) in [6.45, 7) is 1.58. The molecule has 0 spiro atoms. The molecule has 17 unspecified atom stereocenters. The number of carbonyl (C=O) groups excluding carboxylic acids is 1. The van der Waals surface area contributed by atoms with Gasteiger partial charge in [0, 0.05) is 6.42 Å². The Morgan fingerprint density at radius 1 is 0.394 bits per heavy atom. The number of amides is 1. The summed E-state index contributed by atoms with van der Waals surface area (Å²) in [4.78, 5) is 13.4. The van der Waals surface area contributed by atoms with E-state index in [9.17, 15) is 61.0 Å². The number of hydrogen-bond acceptors (Lipinski definition) is 18. The van der Waals surface area contributed by atoms with Crippen molar-refractivity contribution in [1.29, 1.82) is 0 Å². The Hall–Kier alpha value is -3.55. The zero-order valence-corrected chi connectivity index (χ0v) is 57.1. The van der Waals surface area contributed by atoms with E-state index in [0.29, 0.717) is 12.8 Å². The minimum Gasteiger partial charge on any atom is -0.394 e. The van der Waals surface area contributed by atoms with E-state index in [1.807, 2.05) is 6.08 Å². The second-order valence-corrected chi connectivity index (χ2v) is 25.3. The minimum atomic E-state index is -1.99. The number of unbranched alkanes of at least 4 members (excludes halogenated alkanes) is 22. The van der Waals surface area contributed by atoms with Crippen LogP contribution in [0.25, 0.3) is 0 Å². The second kappa shape index (κ2) is 55.3. The van der Waals surface area contributed by atoms with Crippen LogP contribution in [0.4, 0.5) is 0 Å². The van der Waals surface area contributed by atoms with Crippen LogP contribution in [0.15, 0.2) is 109 Å². The first kappa shape index (κ1) is 84.7. The molecule has 0 aromatic carbocycles. The normalized spacial score (nSPS) is 28.0. The molecule has 0 aromatic rings. The molecule has 3 rings (SSSR count). The van der Waals surface area contributed by atoms with Crippen molar-refractivity contribution in [2.75, 3.05) is 26.4 Å². The molecule has 3 heterocycles. The van der Waals surface area contributed by atoms with Crippen LogP contribution in [-0.4, -0.2) is 193 Å². The summed E-state index contributed by atoms with van der Waals surface area (Å²) in [5.74, 6) is -0.308. The second-order valence-electron chi connectivity index (χ2n) is 25.3. The minimum absolute atomic E-state index is 0.208. The monoisotopic (exact) mass is 1330 g/mol. The molecule has 0 aliphatic carbocycles. The lowest BCUT2D eigenvalue weighted by Crippen LogP contribution is -2.66. The summed E-state index contributed by atoms with van der Waals surface area (Å²) in [7, 11) is 0. The van der Waals surface area contributed by atoms with Crippen molar-refractivity contribution in [3.05, 3.63) is 109 Å². The Kier molecular flexibility index (Phi) is 49.9. The Bertz CT molecular complexity index is 2130. The molecular weight excluding hydrogens is 1200 g/mol. The van der Waals surface area contributed by atoms with Gasteiger partial charge < -0.3 is 89.9 Å². The molecule has 540 valence electrons. The van der Waals surface area contributed by atoms with E-state index in [-0.39, 0.29) is 18.9 Å². The van der Waals surface area contributed by atoms with Crippen LogP contribution in [0, 0.1) is 0 Å². The third kappa shape index (κ3) is 36.3. The van der Waals surface area contributed by atoms with Crippen LogP contribution >= 0.6 is 0 Å². The molecule has 0 radical (unpaired) electrons. The van der Waals surface area contributed by atoms with E-state index in [1.165, 1.54) is 89.9 Å². The molecule has 19 nitrogen and oxygen atoms in total. The SMILES string of the molecule is CC/C=C\C/C=C\C/C=C\C/C=C\C/C=C\C/C=C\CCCCCCCCC(=O)NC(COC1OC(CO)C(OC2OC(CO)C(OC3OC(CO)C(O)C(O)C3O)C(O)C2O)C(O)C1O)C(O)/C=C/CC/C=C/CC/C=C/CCCCCCCCCCCCCCCC. The van der Waals surface area contributed by atoms with Gasteiger partial charge in [-0.15, -0.1) is 0 Å². The number of ether oxygens (including phenoxy) is 6. The lowest BCUT2D eigenvalue weighted by Gasteiger charge is -2.48. The van der Waals surface area contributed by atoms with Gasteiger partial charge in [-0.25, -0.2) is 0 Å². The Balaban J connectivity index is 1.46. The molecular formula is C75H127NO18. The summed E-state index contributed by atoms with van der Waals surface area (Å²) in [6.07, 6.45) is 47.7.